The summed E-state index contributed by atoms with van der Waals surface area (Å²) in [5.74, 6) is 0.571. The van der Waals surface area contributed by atoms with E-state index in [-0.39, 0.29) is 5.82 Å². The zero-order valence-electron chi connectivity index (χ0n) is 15.9. The second kappa shape index (κ2) is 8.40. The Hall–Kier alpha value is -2.62. The van der Waals surface area contributed by atoms with Crippen molar-refractivity contribution in [3.63, 3.8) is 0 Å². The van der Waals surface area contributed by atoms with Gasteiger partial charge in [0.2, 0.25) is 5.82 Å². The third-order valence-electron chi connectivity index (χ3n) is 4.70. The van der Waals surface area contributed by atoms with Crippen molar-refractivity contribution in [2.75, 3.05) is 20.3 Å². The number of benzene rings is 1. The molecule has 0 bridgehead atoms. The molecule has 4 rings (SSSR count). The van der Waals surface area contributed by atoms with E-state index in [1.54, 1.807) is 13.2 Å². The molecule has 1 atom stereocenters. The summed E-state index contributed by atoms with van der Waals surface area (Å²) < 4.78 is 24.8. The number of ether oxygens (including phenoxy) is 1. The molecule has 1 aliphatic heterocycles. The normalized spacial score (nSPS) is 17.0. The van der Waals surface area contributed by atoms with Crippen LogP contribution in [0.2, 0.25) is 0 Å². The average Bonchev–Trinajstić information content (AvgIpc) is 3.39. The van der Waals surface area contributed by atoms with Crippen molar-refractivity contribution in [3.8, 4) is 10.7 Å². The molecule has 0 spiro atoms. The van der Waals surface area contributed by atoms with Gasteiger partial charge in [0.1, 0.15) is 5.82 Å². The fraction of sp³-hybridized carbons (Fsp3) is 0.250. The monoisotopic (exact) mass is 430 g/mol. The van der Waals surface area contributed by atoms with E-state index in [4.69, 9.17) is 21.5 Å². The largest absolute Gasteiger partial charge is 0.383 e. The molecule has 3 heterocycles. The van der Waals surface area contributed by atoms with Gasteiger partial charge in [-0.25, -0.2) is 4.39 Å². The number of aromatic nitrogens is 2. The third kappa shape index (κ3) is 3.93. The predicted octanol–water partition coefficient (Wildman–Crippen LogP) is 4.25. The van der Waals surface area contributed by atoms with Crippen LogP contribution in [0.3, 0.4) is 0 Å². The highest BCUT2D eigenvalue weighted by molar-refractivity contribution is 7.80. The Morgan fingerprint density at radius 2 is 2.21 bits per heavy atom. The molecule has 1 unspecified atom stereocenters. The van der Waals surface area contributed by atoms with Crippen LogP contribution in [0, 0.1) is 5.82 Å². The minimum absolute atomic E-state index is 0.321. The van der Waals surface area contributed by atoms with Crippen LogP contribution in [0.5, 0.6) is 0 Å². The molecule has 0 saturated heterocycles. The molecule has 0 amide bonds. The maximum absolute atomic E-state index is 13.9. The van der Waals surface area contributed by atoms with Crippen molar-refractivity contribution in [2.24, 2.45) is 0 Å². The second-order valence-corrected chi connectivity index (χ2v) is 7.82. The highest BCUT2D eigenvalue weighted by Gasteiger charge is 2.34. The number of rotatable bonds is 6. The average molecular weight is 431 g/mol. The summed E-state index contributed by atoms with van der Waals surface area (Å²) in [6.07, 6.45) is 0. The van der Waals surface area contributed by atoms with Crippen molar-refractivity contribution in [1.82, 2.24) is 20.4 Å². The minimum Gasteiger partial charge on any atom is -0.383 e. The van der Waals surface area contributed by atoms with Crippen molar-refractivity contribution >= 4 is 34.2 Å². The molecule has 0 saturated carbocycles. The van der Waals surface area contributed by atoms with Crippen molar-refractivity contribution in [1.29, 1.82) is 0 Å². The first-order valence-electron chi connectivity index (χ1n) is 8.99. The molecular weight excluding hydrogens is 411 g/mol. The first-order valence-corrected chi connectivity index (χ1v) is 10.3. The van der Waals surface area contributed by atoms with E-state index in [1.807, 2.05) is 35.4 Å². The summed E-state index contributed by atoms with van der Waals surface area (Å²) >= 11 is 7.10. The molecule has 150 valence electrons. The topological polar surface area (TPSA) is 63.4 Å². The second-order valence-electron chi connectivity index (χ2n) is 6.48. The lowest BCUT2D eigenvalue weighted by molar-refractivity contribution is 0.183. The van der Waals surface area contributed by atoms with Gasteiger partial charge in [-0.3, -0.25) is 0 Å². The molecule has 3 aromatic rings. The Kier molecular flexibility index (Phi) is 5.70. The van der Waals surface area contributed by atoms with Gasteiger partial charge >= 0.3 is 0 Å². The molecule has 1 N–H and O–H groups in total. The van der Waals surface area contributed by atoms with E-state index in [0.29, 0.717) is 30.0 Å². The van der Waals surface area contributed by atoms with E-state index < -0.39 is 6.04 Å². The van der Waals surface area contributed by atoms with Gasteiger partial charge in [-0.1, -0.05) is 23.4 Å². The Labute approximate surface area is 177 Å². The Balaban J connectivity index is 1.81. The van der Waals surface area contributed by atoms with Crippen LogP contribution in [-0.4, -0.2) is 40.4 Å². The highest BCUT2D eigenvalue weighted by Crippen LogP contribution is 2.37. The number of methoxy groups -OCH3 is 1. The van der Waals surface area contributed by atoms with E-state index in [9.17, 15) is 4.39 Å². The van der Waals surface area contributed by atoms with Crippen LogP contribution >= 0.6 is 23.6 Å². The van der Waals surface area contributed by atoms with Gasteiger partial charge < -0.3 is 19.5 Å². The Morgan fingerprint density at radius 1 is 1.34 bits per heavy atom. The van der Waals surface area contributed by atoms with Crippen LogP contribution < -0.4 is 5.32 Å². The van der Waals surface area contributed by atoms with Gasteiger partial charge in [0, 0.05) is 19.4 Å². The van der Waals surface area contributed by atoms with Gasteiger partial charge in [0.25, 0.3) is 5.89 Å². The van der Waals surface area contributed by atoms with Crippen LogP contribution in [0.15, 0.2) is 52.0 Å². The summed E-state index contributed by atoms with van der Waals surface area (Å²) in [4.78, 5) is 7.45. The van der Waals surface area contributed by atoms with Gasteiger partial charge in [-0.05, 0) is 48.3 Å². The maximum Gasteiger partial charge on any atom is 0.258 e. The summed E-state index contributed by atoms with van der Waals surface area (Å²) in [7, 11) is 1.64. The number of nitrogens with zero attached hydrogens (tertiary/aromatic N) is 3. The lowest BCUT2D eigenvalue weighted by atomic mass is 9.94. The smallest absolute Gasteiger partial charge is 0.258 e. The zero-order chi connectivity index (χ0) is 20.4. The molecule has 0 aliphatic carbocycles. The molecule has 9 heteroatoms. The number of hydrogen-bond donors (Lipinski definition) is 1. The van der Waals surface area contributed by atoms with Crippen molar-refractivity contribution in [3.05, 3.63) is 64.7 Å². The number of hydrogen-bond acceptors (Lipinski definition) is 6. The third-order valence-corrected chi connectivity index (χ3v) is 5.90. The van der Waals surface area contributed by atoms with Gasteiger partial charge in [0.05, 0.1) is 23.1 Å². The van der Waals surface area contributed by atoms with Gasteiger partial charge in [0.15, 0.2) is 5.11 Å². The van der Waals surface area contributed by atoms with Crippen LogP contribution in [0.25, 0.3) is 16.3 Å². The highest BCUT2D eigenvalue weighted by atomic mass is 32.1. The predicted molar refractivity (Wildman–Crippen MR) is 114 cm³/mol. The molecule has 1 aliphatic rings. The summed E-state index contributed by atoms with van der Waals surface area (Å²) in [5.41, 5.74) is 2.35. The lowest BCUT2D eigenvalue weighted by Gasteiger charge is -2.37. The molecule has 2 aromatic heterocycles. The number of thiophene rings is 1. The molecule has 1 aromatic carbocycles. The lowest BCUT2D eigenvalue weighted by Crippen LogP contribution is -2.47. The van der Waals surface area contributed by atoms with E-state index in [0.717, 1.165) is 21.7 Å². The Bertz CT molecular complexity index is 1050. The van der Waals surface area contributed by atoms with Crippen LogP contribution in [0.4, 0.5) is 4.39 Å². The number of thiocarbonyl (C=S) groups is 1. The maximum atomic E-state index is 13.9. The summed E-state index contributed by atoms with van der Waals surface area (Å²) in [5, 5.41) is 9.92. The Morgan fingerprint density at radius 3 is 2.93 bits per heavy atom. The number of halogens is 1. The molecule has 29 heavy (non-hydrogen) atoms. The summed E-state index contributed by atoms with van der Waals surface area (Å²) in [6.45, 7) is 3.01. The SMILES string of the molecule is COCCN1C(=S)NC(c2cccc(F)c2)C(c2nc(-c3cccs3)no2)=C1C. The fourth-order valence-corrected chi connectivity index (χ4v) is 4.28. The molecule has 0 radical (unpaired) electrons. The molecular formula is C20H19FN4O2S2. The number of allylic oxidation sites excluding steroid dienone is 1. The minimum atomic E-state index is -0.409. The van der Waals surface area contributed by atoms with Crippen LogP contribution in [0.1, 0.15) is 24.4 Å². The molecule has 6 nitrogen and oxygen atoms in total. The number of nitrogens with one attached hydrogen (secondary N) is 1. The van der Waals surface area contributed by atoms with Crippen molar-refractivity contribution in [2.45, 2.75) is 13.0 Å². The quantitative estimate of drug-likeness (QED) is 0.587. The molecule has 0 fully saturated rings. The zero-order valence-corrected chi connectivity index (χ0v) is 17.5. The van der Waals surface area contributed by atoms with Gasteiger partial charge in [-0.2, -0.15) is 4.98 Å². The van der Waals surface area contributed by atoms with E-state index in [2.05, 4.69) is 15.5 Å². The first-order chi connectivity index (χ1) is 14.1. The van der Waals surface area contributed by atoms with E-state index >= 15 is 0 Å². The standard InChI is InChI=1S/C20H19FN4O2S2/c1-12-16(19-23-18(24-27-19)15-7-4-10-29-15)17(13-5-3-6-14(21)11-13)22-20(28)25(12)8-9-26-2/h3-7,10-11,17H,8-9H2,1-2H3,(H,22,28). The fourth-order valence-electron chi connectivity index (χ4n) is 3.29. The first kappa shape index (κ1) is 19.7. The van der Waals surface area contributed by atoms with Gasteiger partial charge in [-0.15, -0.1) is 11.3 Å². The van der Waals surface area contributed by atoms with Crippen LogP contribution in [-0.2, 0) is 4.74 Å². The summed E-state index contributed by atoms with van der Waals surface area (Å²) in [6, 6.07) is 9.87. The van der Waals surface area contributed by atoms with E-state index in [1.165, 1.54) is 23.5 Å². The van der Waals surface area contributed by atoms with Crippen molar-refractivity contribution < 1.29 is 13.7 Å².